The van der Waals surface area contributed by atoms with Crippen LogP contribution in [0, 0.1) is 11.7 Å². The van der Waals surface area contributed by atoms with Gasteiger partial charge in [0.1, 0.15) is 17.1 Å². The number of esters is 1. The minimum atomic E-state index is -0.830. The Bertz CT molecular complexity index is 1350. The molecule has 1 aromatic heterocycles. The first-order valence-electron chi connectivity index (χ1n) is 11.8. The summed E-state index contributed by atoms with van der Waals surface area (Å²) in [6.45, 7) is 6.04. The number of halogens is 2. The van der Waals surface area contributed by atoms with Crippen LogP contribution in [0.15, 0.2) is 51.7 Å². The summed E-state index contributed by atoms with van der Waals surface area (Å²) in [5.74, 6) is -1.05. The van der Waals surface area contributed by atoms with Crippen molar-refractivity contribution in [3.05, 3.63) is 63.7 Å². The molecule has 0 unspecified atom stereocenters. The average Bonchev–Trinajstić information content (AvgIpc) is 2.82. The molecule has 0 N–H and O–H groups in total. The van der Waals surface area contributed by atoms with Crippen molar-refractivity contribution in [2.75, 3.05) is 13.1 Å². The van der Waals surface area contributed by atoms with E-state index in [-0.39, 0.29) is 41.0 Å². The molecule has 1 fully saturated rings. The van der Waals surface area contributed by atoms with Crippen LogP contribution in [0.1, 0.15) is 33.6 Å². The van der Waals surface area contributed by atoms with Crippen LogP contribution in [0.3, 0.4) is 0 Å². The Hall–Kier alpha value is -3.39. The monoisotopic (exact) mass is 515 g/mol. The van der Waals surface area contributed by atoms with E-state index in [1.54, 1.807) is 37.8 Å². The summed E-state index contributed by atoms with van der Waals surface area (Å²) < 4.78 is 30.1. The van der Waals surface area contributed by atoms with Crippen molar-refractivity contribution < 1.29 is 27.9 Å². The zero-order valence-electron chi connectivity index (χ0n) is 20.3. The predicted octanol–water partition coefficient (Wildman–Crippen LogP) is 5.21. The van der Waals surface area contributed by atoms with Gasteiger partial charge in [0.15, 0.2) is 6.10 Å². The number of hydrogen-bond acceptors (Lipinski definition) is 6. The first-order valence-corrected chi connectivity index (χ1v) is 12.2. The molecule has 0 radical (unpaired) electrons. The molecule has 1 saturated heterocycles. The molecule has 0 aliphatic carbocycles. The number of benzene rings is 2. The molecule has 2 aromatic carbocycles. The fourth-order valence-corrected chi connectivity index (χ4v) is 4.63. The van der Waals surface area contributed by atoms with Crippen LogP contribution < -0.4 is 10.4 Å². The quantitative estimate of drug-likeness (QED) is 0.331. The summed E-state index contributed by atoms with van der Waals surface area (Å²) in [4.78, 5) is 39.2. The molecular weight excluding hydrogens is 489 g/mol. The topological polar surface area (TPSA) is 86.0 Å². The summed E-state index contributed by atoms with van der Waals surface area (Å²) in [5.41, 5.74) is 0.620. The van der Waals surface area contributed by atoms with Crippen LogP contribution in [0.25, 0.3) is 22.1 Å². The zero-order chi connectivity index (χ0) is 26.0. The van der Waals surface area contributed by atoms with Gasteiger partial charge in [-0.1, -0.05) is 11.6 Å². The lowest BCUT2D eigenvalue weighted by Gasteiger charge is -2.33. The predicted molar refractivity (Wildman–Crippen MR) is 134 cm³/mol. The van der Waals surface area contributed by atoms with Crippen LogP contribution in [-0.2, 0) is 14.3 Å². The summed E-state index contributed by atoms with van der Waals surface area (Å²) in [7, 11) is 0. The van der Waals surface area contributed by atoms with Gasteiger partial charge in [0, 0.05) is 41.7 Å². The molecule has 1 aliphatic rings. The van der Waals surface area contributed by atoms with Crippen molar-refractivity contribution in [3.63, 3.8) is 0 Å². The highest BCUT2D eigenvalue weighted by Gasteiger charge is 2.32. The first kappa shape index (κ1) is 25.7. The third-order valence-corrected chi connectivity index (χ3v) is 6.33. The Balaban J connectivity index is 1.52. The highest BCUT2D eigenvalue weighted by atomic mass is 35.5. The maximum Gasteiger partial charge on any atom is 0.336 e. The van der Waals surface area contributed by atoms with Crippen molar-refractivity contribution >= 4 is 34.4 Å². The van der Waals surface area contributed by atoms with E-state index >= 15 is 0 Å². The summed E-state index contributed by atoms with van der Waals surface area (Å²) in [6, 6.07) is 10.1. The van der Waals surface area contributed by atoms with Crippen molar-refractivity contribution in [1.29, 1.82) is 0 Å². The lowest BCUT2D eigenvalue weighted by molar-refractivity contribution is -0.156. The highest BCUT2D eigenvalue weighted by Crippen LogP contribution is 2.34. The van der Waals surface area contributed by atoms with Crippen molar-refractivity contribution in [2.24, 2.45) is 5.92 Å². The Morgan fingerprint density at radius 2 is 1.89 bits per heavy atom. The van der Waals surface area contributed by atoms with Gasteiger partial charge in [-0.15, -0.1) is 0 Å². The van der Waals surface area contributed by atoms with Crippen LogP contribution in [0.5, 0.6) is 5.75 Å². The van der Waals surface area contributed by atoms with E-state index in [1.165, 1.54) is 30.3 Å². The number of hydrogen-bond donors (Lipinski definition) is 0. The van der Waals surface area contributed by atoms with Crippen LogP contribution >= 0.6 is 11.6 Å². The lowest BCUT2D eigenvalue weighted by Crippen LogP contribution is -2.47. The second-order valence-corrected chi connectivity index (χ2v) is 9.54. The number of likely N-dealkylation sites (tertiary alicyclic amines) is 1. The fraction of sp³-hybridized carbons (Fsp3) is 0.370. The van der Waals surface area contributed by atoms with E-state index in [0.29, 0.717) is 41.6 Å². The molecule has 1 amide bonds. The maximum absolute atomic E-state index is 13.5. The largest absolute Gasteiger partial charge is 0.481 e. The molecule has 2 atom stereocenters. The van der Waals surface area contributed by atoms with Gasteiger partial charge in [-0.2, -0.15) is 0 Å². The van der Waals surface area contributed by atoms with Gasteiger partial charge in [0.25, 0.3) is 5.91 Å². The van der Waals surface area contributed by atoms with Crippen molar-refractivity contribution in [1.82, 2.24) is 4.90 Å². The van der Waals surface area contributed by atoms with Crippen molar-refractivity contribution in [3.8, 4) is 16.9 Å². The van der Waals surface area contributed by atoms with Gasteiger partial charge in [-0.05, 0) is 63.9 Å². The molecule has 7 nitrogen and oxygen atoms in total. The van der Waals surface area contributed by atoms with Gasteiger partial charge in [0.05, 0.1) is 17.0 Å². The molecule has 0 saturated carbocycles. The minimum Gasteiger partial charge on any atom is -0.481 e. The molecule has 1 aliphatic heterocycles. The van der Waals surface area contributed by atoms with Crippen LogP contribution in [0.2, 0.25) is 5.02 Å². The standard InChI is InChI=1S/C27H27ClFNO6/c1-15(2)34-27(33)17-5-4-10-30(14-17)26(32)16(3)35-19-7-9-21-22(13-25(31)36-24(21)12-19)20-8-6-18(29)11-23(20)28/h6-9,11-13,15-17H,4-5,10,14H2,1-3H3/t16-,17+/m1/s1. The summed E-state index contributed by atoms with van der Waals surface area (Å²) in [5, 5.41) is 0.746. The zero-order valence-corrected chi connectivity index (χ0v) is 21.0. The molecule has 190 valence electrons. The number of ether oxygens (including phenoxy) is 2. The van der Waals surface area contributed by atoms with Gasteiger partial charge >= 0.3 is 11.6 Å². The Kier molecular flexibility index (Phi) is 7.64. The van der Waals surface area contributed by atoms with Gasteiger partial charge in [0.2, 0.25) is 0 Å². The third kappa shape index (κ3) is 5.70. The minimum absolute atomic E-state index is 0.165. The van der Waals surface area contributed by atoms with E-state index in [9.17, 15) is 18.8 Å². The molecule has 0 spiro atoms. The molecule has 2 heterocycles. The number of carbonyl (C=O) groups is 2. The molecule has 0 bridgehead atoms. The Labute approximate surface area is 212 Å². The SMILES string of the molecule is CC(C)OC(=O)[C@H]1CCCN(C(=O)[C@@H](C)Oc2ccc3c(-c4ccc(F)cc4Cl)cc(=O)oc3c2)C1. The number of fused-ring (bicyclic) bond motifs is 1. The molecule has 36 heavy (non-hydrogen) atoms. The van der Waals surface area contributed by atoms with E-state index in [0.717, 1.165) is 0 Å². The second-order valence-electron chi connectivity index (χ2n) is 9.13. The van der Waals surface area contributed by atoms with Gasteiger partial charge < -0.3 is 18.8 Å². The van der Waals surface area contributed by atoms with E-state index in [2.05, 4.69) is 0 Å². The van der Waals surface area contributed by atoms with Crippen molar-refractivity contribution in [2.45, 2.75) is 45.8 Å². The van der Waals surface area contributed by atoms with Crippen LogP contribution in [-0.4, -0.2) is 42.1 Å². The van der Waals surface area contributed by atoms with E-state index in [1.807, 2.05) is 0 Å². The smallest absolute Gasteiger partial charge is 0.336 e. The van der Waals surface area contributed by atoms with E-state index < -0.39 is 17.5 Å². The van der Waals surface area contributed by atoms with Gasteiger partial charge in [-0.25, -0.2) is 9.18 Å². The summed E-state index contributed by atoms with van der Waals surface area (Å²) >= 11 is 6.21. The molecule has 3 aromatic rings. The first-order chi connectivity index (χ1) is 17.1. The Morgan fingerprint density at radius 1 is 1.11 bits per heavy atom. The molecular formula is C27H27ClFNO6. The van der Waals surface area contributed by atoms with Gasteiger partial charge in [-0.3, -0.25) is 9.59 Å². The second kappa shape index (κ2) is 10.7. The number of rotatable bonds is 6. The average molecular weight is 516 g/mol. The normalized spacial score (nSPS) is 16.7. The van der Waals surface area contributed by atoms with Crippen LogP contribution in [0.4, 0.5) is 4.39 Å². The fourth-order valence-electron chi connectivity index (χ4n) is 4.36. The lowest BCUT2D eigenvalue weighted by atomic mass is 9.97. The number of amides is 1. The number of nitrogens with zero attached hydrogens (tertiary/aromatic N) is 1. The number of piperidine rings is 1. The third-order valence-electron chi connectivity index (χ3n) is 6.02. The maximum atomic E-state index is 13.5. The molecule has 4 rings (SSSR count). The highest BCUT2D eigenvalue weighted by molar-refractivity contribution is 6.33. The molecule has 9 heteroatoms. The van der Waals surface area contributed by atoms with E-state index in [4.69, 9.17) is 25.5 Å². The summed E-state index contributed by atoms with van der Waals surface area (Å²) in [6.07, 6.45) is 0.336. The number of carbonyl (C=O) groups excluding carboxylic acids is 2. The Morgan fingerprint density at radius 3 is 2.61 bits per heavy atom.